The molecular weight excluding hydrogens is 310 g/mol. The Labute approximate surface area is 129 Å². The van der Waals surface area contributed by atoms with Crippen molar-refractivity contribution >= 4 is 27.3 Å². The van der Waals surface area contributed by atoms with Crippen LogP contribution in [0.3, 0.4) is 0 Å². The molecule has 0 unspecified atom stereocenters. The van der Waals surface area contributed by atoms with Gasteiger partial charge in [-0.1, -0.05) is 20.3 Å². The van der Waals surface area contributed by atoms with Crippen molar-refractivity contribution in [2.75, 3.05) is 13.1 Å². The Kier molecular flexibility index (Phi) is 4.46. The second-order valence-corrected chi connectivity index (χ2v) is 8.70. The Balaban J connectivity index is 2.32. The van der Waals surface area contributed by atoms with Crippen molar-refractivity contribution in [2.45, 2.75) is 44.9 Å². The molecule has 5 nitrogen and oxygen atoms in total. The minimum absolute atomic E-state index is 0.0277. The summed E-state index contributed by atoms with van der Waals surface area (Å²) in [6.45, 7) is 6.86. The number of aryl methyl sites for hydroxylation is 1. The molecule has 0 spiro atoms. The lowest BCUT2D eigenvalue weighted by atomic mass is 9.79. The minimum atomic E-state index is -3.72. The van der Waals surface area contributed by atoms with E-state index < -0.39 is 16.0 Å². The number of rotatable bonds is 4. The van der Waals surface area contributed by atoms with Gasteiger partial charge in [0.1, 0.15) is 9.77 Å². The summed E-state index contributed by atoms with van der Waals surface area (Å²) in [5.41, 5.74) is 0.701. The predicted octanol–water partition coefficient (Wildman–Crippen LogP) is 2.96. The molecule has 2 heterocycles. The van der Waals surface area contributed by atoms with Gasteiger partial charge in [0.25, 0.3) is 0 Å². The first-order chi connectivity index (χ1) is 9.71. The molecule has 1 aliphatic heterocycles. The van der Waals surface area contributed by atoms with Crippen molar-refractivity contribution in [3.8, 4) is 0 Å². The van der Waals surface area contributed by atoms with Crippen LogP contribution in [-0.2, 0) is 10.0 Å². The van der Waals surface area contributed by atoms with E-state index in [0.717, 1.165) is 30.6 Å². The first kappa shape index (κ1) is 16.5. The molecule has 0 atom stereocenters. The molecule has 1 aromatic rings. The second kappa shape index (κ2) is 5.70. The highest BCUT2D eigenvalue weighted by atomic mass is 32.2. The molecule has 0 bridgehead atoms. The van der Waals surface area contributed by atoms with Crippen LogP contribution in [0.15, 0.2) is 10.3 Å². The lowest BCUT2D eigenvalue weighted by molar-refractivity contribution is 0.0697. The van der Waals surface area contributed by atoms with E-state index in [4.69, 9.17) is 0 Å². The van der Waals surface area contributed by atoms with Gasteiger partial charge in [0.05, 0.1) is 0 Å². The zero-order valence-corrected chi connectivity index (χ0v) is 14.2. The van der Waals surface area contributed by atoms with E-state index in [1.54, 1.807) is 12.3 Å². The van der Waals surface area contributed by atoms with Gasteiger partial charge in [0.15, 0.2) is 0 Å². The minimum Gasteiger partial charge on any atom is -0.477 e. The average Bonchev–Trinajstić information content (AvgIpc) is 2.82. The summed E-state index contributed by atoms with van der Waals surface area (Å²) in [6, 6.07) is 0. The number of thiophene rings is 1. The molecule has 0 aromatic carbocycles. The number of nitrogens with zero attached hydrogens (tertiary/aromatic N) is 1. The van der Waals surface area contributed by atoms with E-state index in [0.29, 0.717) is 18.7 Å². The number of carboxylic acid groups (broad SMARTS) is 1. The highest BCUT2D eigenvalue weighted by Gasteiger charge is 2.37. The van der Waals surface area contributed by atoms with Gasteiger partial charge in [-0.2, -0.15) is 4.31 Å². The monoisotopic (exact) mass is 331 g/mol. The summed E-state index contributed by atoms with van der Waals surface area (Å²) in [7, 11) is -3.72. The number of piperidine rings is 1. The maximum atomic E-state index is 12.8. The summed E-state index contributed by atoms with van der Waals surface area (Å²) in [4.78, 5) is 11.1. The third-order valence-corrected chi connectivity index (χ3v) is 7.80. The average molecular weight is 331 g/mol. The molecule has 1 aromatic heterocycles. The molecular formula is C14H21NO4S2. The third-order valence-electron chi connectivity index (χ3n) is 4.49. The van der Waals surface area contributed by atoms with Gasteiger partial charge in [-0.05, 0) is 36.1 Å². The maximum absolute atomic E-state index is 12.8. The third kappa shape index (κ3) is 3.00. The Morgan fingerprint density at radius 1 is 1.43 bits per heavy atom. The Morgan fingerprint density at radius 3 is 2.48 bits per heavy atom. The van der Waals surface area contributed by atoms with Gasteiger partial charge in [-0.15, -0.1) is 11.3 Å². The van der Waals surface area contributed by atoms with Crippen LogP contribution in [0.1, 0.15) is 48.3 Å². The molecule has 1 aliphatic rings. The first-order valence-electron chi connectivity index (χ1n) is 7.03. The highest BCUT2D eigenvalue weighted by Crippen LogP contribution is 2.37. The van der Waals surface area contributed by atoms with Crippen LogP contribution in [-0.4, -0.2) is 36.9 Å². The van der Waals surface area contributed by atoms with Crippen molar-refractivity contribution in [1.82, 2.24) is 4.31 Å². The quantitative estimate of drug-likeness (QED) is 0.920. The van der Waals surface area contributed by atoms with Crippen molar-refractivity contribution in [1.29, 1.82) is 0 Å². The summed E-state index contributed by atoms with van der Waals surface area (Å²) in [5.74, 6) is -1.18. The molecule has 0 amide bonds. The van der Waals surface area contributed by atoms with Crippen molar-refractivity contribution in [3.63, 3.8) is 0 Å². The Hall–Kier alpha value is -0.920. The fraction of sp³-hybridized carbons (Fsp3) is 0.643. The number of hydrogen-bond donors (Lipinski definition) is 1. The van der Waals surface area contributed by atoms with Gasteiger partial charge < -0.3 is 5.11 Å². The molecule has 1 saturated heterocycles. The van der Waals surface area contributed by atoms with E-state index in [9.17, 15) is 18.3 Å². The number of hydrogen-bond acceptors (Lipinski definition) is 4. The van der Waals surface area contributed by atoms with Crippen molar-refractivity contribution in [3.05, 3.63) is 15.8 Å². The van der Waals surface area contributed by atoms with E-state index in [2.05, 4.69) is 13.8 Å². The second-order valence-electron chi connectivity index (χ2n) is 5.95. The molecule has 2 rings (SSSR count). The highest BCUT2D eigenvalue weighted by molar-refractivity contribution is 7.89. The summed E-state index contributed by atoms with van der Waals surface area (Å²) < 4.78 is 27.0. The zero-order valence-electron chi connectivity index (χ0n) is 12.5. The Bertz CT molecular complexity index is 640. The van der Waals surface area contributed by atoms with Crippen LogP contribution in [0, 0.1) is 12.3 Å². The molecule has 0 saturated carbocycles. The molecule has 118 valence electrons. The van der Waals surface area contributed by atoms with Gasteiger partial charge >= 0.3 is 5.97 Å². The topological polar surface area (TPSA) is 74.7 Å². The largest absolute Gasteiger partial charge is 0.477 e. The fourth-order valence-electron chi connectivity index (χ4n) is 2.65. The van der Waals surface area contributed by atoms with E-state index in [1.807, 2.05) is 0 Å². The van der Waals surface area contributed by atoms with Crippen molar-refractivity contribution < 1.29 is 18.3 Å². The fourth-order valence-corrected chi connectivity index (χ4v) is 5.68. The van der Waals surface area contributed by atoms with Crippen LogP contribution >= 0.6 is 11.3 Å². The van der Waals surface area contributed by atoms with Crippen LogP contribution < -0.4 is 0 Å². The SMILES string of the molecule is CCC1(C)CCN(S(=O)(=O)c2c(C)csc2C(=O)O)CC1. The van der Waals surface area contributed by atoms with Crippen LogP contribution in [0.25, 0.3) is 0 Å². The summed E-state index contributed by atoms with van der Waals surface area (Å²) in [5, 5.41) is 10.8. The molecule has 1 fully saturated rings. The standard InChI is InChI=1S/C14H21NO4S2/c1-4-14(3)5-7-15(8-6-14)21(18,19)12-10(2)9-20-11(12)13(16)17/h9H,4-8H2,1-3H3,(H,16,17). The smallest absolute Gasteiger partial charge is 0.347 e. The maximum Gasteiger partial charge on any atom is 0.347 e. The van der Waals surface area contributed by atoms with E-state index >= 15 is 0 Å². The molecule has 7 heteroatoms. The van der Waals surface area contributed by atoms with Gasteiger partial charge in [0.2, 0.25) is 10.0 Å². The molecule has 1 N–H and O–H groups in total. The number of carboxylic acids is 1. The normalized spacial score (nSPS) is 19.6. The summed E-state index contributed by atoms with van der Waals surface area (Å²) in [6.07, 6.45) is 2.65. The van der Waals surface area contributed by atoms with Gasteiger partial charge in [-0.3, -0.25) is 0 Å². The van der Waals surface area contributed by atoms with Crippen LogP contribution in [0.4, 0.5) is 0 Å². The number of carbonyl (C=O) groups is 1. The lowest BCUT2D eigenvalue weighted by Crippen LogP contribution is -2.42. The molecule has 21 heavy (non-hydrogen) atoms. The molecule has 0 aliphatic carbocycles. The zero-order chi connectivity index (χ0) is 15.8. The van der Waals surface area contributed by atoms with Crippen molar-refractivity contribution in [2.24, 2.45) is 5.41 Å². The van der Waals surface area contributed by atoms with Gasteiger partial charge in [-0.25, -0.2) is 13.2 Å². The Morgan fingerprint density at radius 2 is 2.00 bits per heavy atom. The first-order valence-corrected chi connectivity index (χ1v) is 9.35. The van der Waals surface area contributed by atoms with E-state index in [-0.39, 0.29) is 15.2 Å². The van der Waals surface area contributed by atoms with Crippen LogP contribution in [0.2, 0.25) is 0 Å². The van der Waals surface area contributed by atoms with Crippen LogP contribution in [0.5, 0.6) is 0 Å². The number of aromatic carboxylic acids is 1. The van der Waals surface area contributed by atoms with E-state index in [1.165, 1.54) is 4.31 Å². The number of sulfonamides is 1. The van der Waals surface area contributed by atoms with Gasteiger partial charge in [0, 0.05) is 13.1 Å². The summed E-state index contributed by atoms with van der Waals surface area (Å²) >= 11 is 0.974. The predicted molar refractivity (Wildman–Crippen MR) is 82.4 cm³/mol. The lowest BCUT2D eigenvalue weighted by Gasteiger charge is -2.38. The molecule has 0 radical (unpaired) electrons.